The maximum absolute atomic E-state index is 11.5. The highest BCUT2D eigenvalue weighted by Gasteiger charge is 2.03. The van der Waals surface area contributed by atoms with E-state index in [1.165, 1.54) is 0 Å². The topological polar surface area (TPSA) is 29.1 Å². The Hall–Kier alpha value is -1.31. The van der Waals surface area contributed by atoms with Gasteiger partial charge in [-0.05, 0) is 25.0 Å². The van der Waals surface area contributed by atoms with Gasteiger partial charge in [-0.3, -0.25) is 4.79 Å². The Morgan fingerprint density at radius 1 is 1.14 bits per heavy atom. The average Bonchev–Trinajstić information content (AvgIpc) is 2.40. The summed E-state index contributed by atoms with van der Waals surface area (Å²) in [4.78, 5) is 11.5. The summed E-state index contributed by atoms with van der Waals surface area (Å²) in [5, 5.41) is 3.25. The zero-order valence-electron chi connectivity index (χ0n) is 8.79. The van der Waals surface area contributed by atoms with Crippen molar-refractivity contribution in [1.29, 1.82) is 0 Å². The first-order chi connectivity index (χ1) is 6.77. The highest BCUT2D eigenvalue weighted by molar-refractivity contribution is 5.42. The monoisotopic (exact) mass is 191 g/mol. The van der Waals surface area contributed by atoms with Crippen molar-refractivity contribution in [2.75, 3.05) is 5.32 Å². The van der Waals surface area contributed by atoms with Gasteiger partial charge in [0, 0.05) is 6.04 Å². The Morgan fingerprint density at radius 2 is 1.79 bits per heavy atom. The van der Waals surface area contributed by atoms with Crippen LogP contribution in [-0.2, 0) is 0 Å². The first-order valence-corrected chi connectivity index (χ1v) is 5.13. The van der Waals surface area contributed by atoms with Crippen LogP contribution in [0.2, 0.25) is 0 Å². The minimum Gasteiger partial charge on any atom is -0.379 e. The molecular weight excluding hydrogens is 174 g/mol. The molecule has 0 aromatic heterocycles. The molecule has 76 valence electrons. The molecule has 1 rings (SSSR count). The molecule has 0 heterocycles. The zero-order chi connectivity index (χ0) is 10.4. The summed E-state index contributed by atoms with van der Waals surface area (Å²) < 4.78 is 0. The number of rotatable bonds is 4. The second-order valence-corrected chi connectivity index (χ2v) is 3.35. The molecule has 0 atom stereocenters. The Labute approximate surface area is 85.0 Å². The molecule has 0 saturated carbocycles. The van der Waals surface area contributed by atoms with Gasteiger partial charge in [0.05, 0.1) is 5.69 Å². The van der Waals surface area contributed by atoms with E-state index in [9.17, 15) is 4.79 Å². The summed E-state index contributed by atoms with van der Waals surface area (Å²) in [5.74, 6) is 0. The molecular formula is C12H17NO. The Kier molecular flexibility index (Phi) is 4.17. The van der Waals surface area contributed by atoms with E-state index in [0.717, 1.165) is 12.8 Å². The number of hydrogen-bond acceptors (Lipinski definition) is 2. The SMILES string of the molecule is CCC(CC)Nc1cccccc1=O. The largest absolute Gasteiger partial charge is 0.379 e. The van der Waals surface area contributed by atoms with Crippen LogP contribution in [0.15, 0.2) is 35.1 Å². The average molecular weight is 191 g/mol. The lowest BCUT2D eigenvalue weighted by Crippen LogP contribution is -2.20. The summed E-state index contributed by atoms with van der Waals surface area (Å²) in [6, 6.07) is 9.32. The maximum Gasteiger partial charge on any atom is 0.201 e. The molecule has 0 aliphatic rings. The first kappa shape index (κ1) is 10.8. The van der Waals surface area contributed by atoms with Crippen LogP contribution in [-0.4, -0.2) is 6.04 Å². The molecule has 0 fully saturated rings. The fourth-order valence-corrected chi connectivity index (χ4v) is 1.36. The first-order valence-electron chi connectivity index (χ1n) is 5.13. The van der Waals surface area contributed by atoms with Crippen molar-refractivity contribution in [2.45, 2.75) is 32.7 Å². The highest BCUT2D eigenvalue weighted by Crippen LogP contribution is 2.05. The highest BCUT2D eigenvalue weighted by atomic mass is 16.1. The van der Waals surface area contributed by atoms with Crippen LogP contribution in [0.25, 0.3) is 0 Å². The third-order valence-electron chi connectivity index (χ3n) is 2.34. The molecule has 0 spiro atoms. The smallest absolute Gasteiger partial charge is 0.201 e. The van der Waals surface area contributed by atoms with Gasteiger partial charge in [-0.2, -0.15) is 0 Å². The molecule has 0 saturated heterocycles. The second kappa shape index (κ2) is 5.43. The van der Waals surface area contributed by atoms with Crippen molar-refractivity contribution >= 4 is 5.69 Å². The molecule has 0 amide bonds. The molecule has 1 aromatic carbocycles. The number of hydrogen-bond donors (Lipinski definition) is 1. The normalized spacial score (nSPS) is 10.2. The van der Waals surface area contributed by atoms with E-state index in [1.54, 1.807) is 12.1 Å². The Morgan fingerprint density at radius 3 is 2.43 bits per heavy atom. The van der Waals surface area contributed by atoms with Gasteiger partial charge in [-0.15, -0.1) is 0 Å². The van der Waals surface area contributed by atoms with E-state index in [2.05, 4.69) is 19.2 Å². The lowest BCUT2D eigenvalue weighted by molar-refractivity contribution is 0.671. The lowest BCUT2D eigenvalue weighted by Gasteiger charge is -2.14. The van der Waals surface area contributed by atoms with E-state index in [4.69, 9.17) is 0 Å². The zero-order valence-corrected chi connectivity index (χ0v) is 8.79. The summed E-state index contributed by atoms with van der Waals surface area (Å²) >= 11 is 0. The summed E-state index contributed by atoms with van der Waals surface area (Å²) in [7, 11) is 0. The minimum absolute atomic E-state index is 0.0573. The van der Waals surface area contributed by atoms with Gasteiger partial charge in [0.15, 0.2) is 0 Å². The fraction of sp³-hybridized carbons (Fsp3) is 0.417. The van der Waals surface area contributed by atoms with E-state index in [1.807, 2.05) is 18.2 Å². The predicted molar refractivity (Wildman–Crippen MR) is 60.7 cm³/mol. The Bertz CT molecular complexity index is 331. The van der Waals surface area contributed by atoms with Crippen LogP contribution in [0.5, 0.6) is 0 Å². The number of nitrogens with one attached hydrogen (secondary N) is 1. The predicted octanol–water partition coefficient (Wildman–Crippen LogP) is 2.65. The second-order valence-electron chi connectivity index (χ2n) is 3.35. The molecule has 0 aliphatic carbocycles. The third-order valence-corrected chi connectivity index (χ3v) is 2.34. The molecule has 2 heteroatoms. The molecule has 0 radical (unpaired) electrons. The van der Waals surface area contributed by atoms with Crippen molar-refractivity contribution in [3.63, 3.8) is 0 Å². The molecule has 0 unspecified atom stereocenters. The van der Waals surface area contributed by atoms with Gasteiger partial charge < -0.3 is 5.32 Å². The van der Waals surface area contributed by atoms with Gasteiger partial charge >= 0.3 is 0 Å². The van der Waals surface area contributed by atoms with E-state index in [0.29, 0.717) is 11.7 Å². The van der Waals surface area contributed by atoms with Gasteiger partial charge in [-0.1, -0.05) is 32.0 Å². The standard InChI is InChI=1S/C12H17NO/c1-3-10(4-2)13-11-8-6-5-7-9-12(11)14/h5-10H,3-4H2,1-2H3,(H,13,14). The van der Waals surface area contributed by atoms with Gasteiger partial charge in [-0.25, -0.2) is 0 Å². The van der Waals surface area contributed by atoms with E-state index in [-0.39, 0.29) is 5.43 Å². The summed E-state index contributed by atoms with van der Waals surface area (Å²) in [6.45, 7) is 4.24. The van der Waals surface area contributed by atoms with E-state index >= 15 is 0 Å². The quantitative estimate of drug-likeness (QED) is 0.792. The van der Waals surface area contributed by atoms with E-state index < -0.39 is 0 Å². The lowest BCUT2D eigenvalue weighted by atomic mass is 10.1. The molecule has 1 aromatic rings. The minimum atomic E-state index is 0.0573. The number of anilines is 1. The van der Waals surface area contributed by atoms with Crippen LogP contribution in [0.1, 0.15) is 26.7 Å². The van der Waals surface area contributed by atoms with Crippen LogP contribution >= 0.6 is 0 Å². The van der Waals surface area contributed by atoms with Crippen molar-refractivity contribution in [3.8, 4) is 0 Å². The van der Waals surface area contributed by atoms with Crippen LogP contribution < -0.4 is 10.7 Å². The third kappa shape index (κ3) is 2.87. The van der Waals surface area contributed by atoms with Gasteiger partial charge in [0.2, 0.25) is 5.43 Å². The maximum atomic E-state index is 11.5. The van der Waals surface area contributed by atoms with Crippen molar-refractivity contribution in [3.05, 3.63) is 40.6 Å². The van der Waals surface area contributed by atoms with Crippen LogP contribution in [0.4, 0.5) is 5.69 Å². The molecule has 14 heavy (non-hydrogen) atoms. The molecule has 1 N–H and O–H groups in total. The summed E-state index contributed by atoms with van der Waals surface area (Å²) in [6.07, 6.45) is 2.07. The van der Waals surface area contributed by atoms with Crippen LogP contribution in [0, 0.1) is 0 Å². The van der Waals surface area contributed by atoms with Crippen molar-refractivity contribution in [1.82, 2.24) is 0 Å². The van der Waals surface area contributed by atoms with Gasteiger partial charge in [0.25, 0.3) is 0 Å². The molecule has 2 nitrogen and oxygen atoms in total. The van der Waals surface area contributed by atoms with Gasteiger partial charge in [0.1, 0.15) is 0 Å². The molecule has 0 bridgehead atoms. The Balaban J connectivity index is 2.87. The summed E-state index contributed by atoms with van der Waals surface area (Å²) in [5.41, 5.74) is 0.755. The van der Waals surface area contributed by atoms with Crippen molar-refractivity contribution < 1.29 is 0 Å². The van der Waals surface area contributed by atoms with Crippen LogP contribution in [0.3, 0.4) is 0 Å². The molecule has 0 aliphatic heterocycles. The fourth-order valence-electron chi connectivity index (χ4n) is 1.36. The van der Waals surface area contributed by atoms with Crippen molar-refractivity contribution in [2.24, 2.45) is 0 Å².